The molecule has 0 aliphatic rings. The molecule has 0 spiro atoms. The largest absolute Gasteiger partial charge is 0.427 e. The van der Waals surface area contributed by atoms with E-state index in [-0.39, 0.29) is 12.4 Å². The van der Waals surface area contributed by atoms with Crippen LogP contribution in [0.15, 0.2) is 59.7 Å². The van der Waals surface area contributed by atoms with Gasteiger partial charge >= 0.3 is 0 Å². The molecule has 4 heteroatoms. The Labute approximate surface area is 93.7 Å². The molecule has 2 aromatic rings. The molecule has 15 heavy (non-hydrogen) atoms. The molecule has 1 aromatic carbocycles. The predicted molar refractivity (Wildman–Crippen MR) is 60.5 cm³/mol. The lowest BCUT2D eigenvalue weighted by Crippen LogP contribution is -2.16. The molecule has 1 heterocycles. The quantitative estimate of drug-likeness (QED) is 0.740. The van der Waals surface area contributed by atoms with Crippen molar-refractivity contribution >= 4 is 18.1 Å². The molecule has 2 rings (SSSR count). The second-order valence-corrected chi connectivity index (χ2v) is 2.85. The minimum absolute atomic E-state index is 0. The molecular weight excluding hydrogens is 212 g/mol. The topological polar surface area (TPSA) is 37.5 Å². The van der Waals surface area contributed by atoms with Crippen molar-refractivity contribution in [2.45, 2.75) is 0 Å². The van der Waals surface area contributed by atoms with E-state index < -0.39 is 0 Å². The molecule has 1 aromatic heterocycles. The van der Waals surface area contributed by atoms with E-state index in [2.05, 4.69) is 4.99 Å². The fourth-order valence-corrected chi connectivity index (χ4v) is 1.15. The molecule has 78 valence electrons. The molecule has 1 N–H and O–H groups in total. The zero-order valence-electron chi connectivity index (χ0n) is 7.95. The van der Waals surface area contributed by atoms with Crippen LogP contribution in [0.1, 0.15) is 0 Å². The van der Waals surface area contributed by atoms with Gasteiger partial charge in [-0.2, -0.15) is 4.73 Å². The molecular formula is C11H11ClN2O. The molecule has 0 unspecified atom stereocenters. The summed E-state index contributed by atoms with van der Waals surface area (Å²) in [6.45, 7) is 0. The fourth-order valence-electron chi connectivity index (χ4n) is 1.15. The van der Waals surface area contributed by atoms with Crippen molar-refractivity contribution in [3.05, 3.63) is 60.2 Å². The molecule has 0 saturated carbocycles. The van der Waals surface area contributed by atoms with Gasteiger partial charge in [-0.25, -0.2) is 4.99 Å². The van der Waals surface area contributed by atoms with Crippen LogP contribution in [0.3, 0.4) is 0 Å². The van der Waals surface area contributed by atoms with E-state index in [1.54, 1.807) is 18.3 Å². The van der Waals surface area contributed by atoms with Crippen LogP contribution in [-0.2, 0) is 0 Å². The highest BCUT2D eigenvalue weighted by Crippen LogP contribution is 2.07. The van der Waals surface area contributed by atoms with Gasteiger partial charge in [0.15, 0.2) is 5.49 Å². The standard InChI is InChI=1S/C11H10N2O.ClH/c14-13-9-5-4-8-11(13)12-10-6-2-1-3-7-10;/h1-9,14H;1H. The molecule has 0 aliphatic carbocycles. The van der Waals surface area contributed by atoms with Gasteiger partial charge in [0, 0.05) is 6.20 Å². The monoisotopic (exact) mass is 222 g/mol. The van der Waals surface area contributed by atoms with Gasteiger partial charge in [0.2, 0.25) is 0 Å². The molecule has 0 saturated heterocycles. The van der Waals surface area contributed by atoms with Gasteiger partial charge in [0.25, 0.3) is 0 Å². The summed E-state index contributed by atoms with van der Waals surface area (Å²) in [6.07, 6.45) is 1.54. The smallest absolute Gasteiger partial charge is 0.168 e. The third-order valence-corrected chi connectivity index (χ3v) is 1.82. The molecule has 0 bridgehead atoms. The van der Waals surface area contributed by atoms with Crippen molar-refractivity contribution in [2.75, 3.05) is 0 Å². The first-order chi connectivity index (χ1) is 6.86. The highest BCUT2D eigenvalue weighted by molar-refractivity contribution is 5.85. The Morgan fingerprint density at radius 3 is 2.27 bits per heavy atom. The Balaban J connectivity index is 0.00000112. The lowest BCUT2D eigenvalue weighted by molar-refractivity contribution is 0.172. The zero-order chi connectivity index (χ0) is 9.80. The van der Waals surface area contributed by atoms with Crippen LogP contribution < -0.4 is 5.49 Å². The summed E-state index contributed by atoms with van der Waals surface area (Å²) in [5.41, 5.74) is 1.33. The van der Waals surface area contributed by atoms with Crippen LogP contribution in [0.25, 0.3) is 0 Å². The molecule has 0 fully saturated rings. The van der Waals surface area contributed by atoms with Crippen LogP contribution >= 0.6 is 12.4 Å². The number of rotatable bonds is 1. The van der Waals surface area contributed by atoms with E-state index >= 15 is 0 Å². The Morgan fingerprint density at radius 2 is 1.60 bits per heavy atom. The molecule has 0 radical (unpaired) electrons. The van der Waals surface area contributed by atoms with Crippen LogP contribution in [0.2, 0.25) is 0 Å². The maximum Gasteiger partial charge on any atom is 0.168 e. The number of halogens is 1. The normalized spacial score (nSPS) is 10.8. The predicted octanol–water partition coefficient (Wildman–Crippen LogP) is 2.38. The number of aromatic nitrogens is 1. The summed E-state index contributed by atoms with van der Waals surface area (Å²) in [5, 5.41) is 9.39. The number of para-hydroxylation sites is 1. The van der Waals surface area contributed by atoms with Gasteiger partial charge in [-0.1, -0.05) is 24.3 Å². The summed E-state index contributed by atoms with van der Waals surface area (Å²) in [4.78, 5) is 4.25. The van der Waals surface area contributed by atoms with Gasteiger partial charge in [0.05, 0.1) is 5.69 Å². The lowest BCUT2D eigenvalue weighted by atomic mass is 10.3. The average molecular weight is 223 g/mol. The number of hydrogen-bond donors (Lipinski definition) is 1. The van der Waals surface area contributed by atoms with Gasteiger partial charge in [-0.3, -0.25) is 0 Å². The molecule has 3 nitrogen and oxygen atoms in total. The van der Waals surface area contributed by atoms with Crippen molar-refractivity contribution in [3.63, 3.8) is 0 Å². The van der Waals surface area contributed by atoms with Crippen molar-refractivity contribution in [3.8, 4) is 0 Å². The third kappa shape index (κ3) is 2.86. The minimum atomic E-state index is 0. The molecule has 0 amide bonds. The number of hydrogen-bond acceptors (Lipinski definition) is 2. The number of benzene rings is 1. The van der Waals surface area contributed by atoms with E-state index in [1.807, 2.05) is 36.4 Å². The van der Waals surface area contributed by atoms with E-state index in [0.29, 0.717) is 5.49 Å². The van der Waals surface area contributed by atoms with Crippen molar-refractivity contribution in [1.29, 1.82) is 0 Å². The van der Waals surface area contributed by atoms with Crippen molar-refractivity contribution < 1.29 is 5.21 Å². The van der Waals surface area contributed by atoms with Crippen LogP contribution in [0, 0.1) is 0 Å². The Kier molecular flexibility index (Phi) is 3.94. The molecule has 0 aliphatic heterocycles. The van der Waals surface area contributed by atoms with E-state index in [9.17, 15) is 5.21 Å². The first-order valence-electron chi connectivity index (χ1n) is 4.33. The van der Waals surface area contributed by atoms with Gasteiger partial charge in [0.1, 0.15) is 0 Å². The van der Waals surface area contributed by atoms with Crippen molar-refractivity contribution in [1.82, 2.24) is 4.73 Å². The van der Waals surface area contributed by atoms with Crippen LogP contribution in [0.5, 0.6) is 0 Å². The highest BCUT2D eigenvalue weighted by Gasteiger charge is 1.88. The first kappa shape index (κ1) is 11.3. The van der Waals surface area contributed by atoms with Crippen molar-refractivity contribution in [2.24, 2.45) is 4.99 Å². The Hall–Kier alpha value is -1.74. The van der Waals surface area contributed by atoms with Crippen LogP contribution in [0.4, 0.5) is 5.69 Å². The van der Waals surface area contributed by atoms with E-state index in [0.717, 1.165) is 10.4 Å². The van der Waals surface area contributed by atoms with Gasteiger partial charge in [-0.15, -0.1) is 12.4 Å². The second kappa shape index (κ2) is 5.22. The number of pyridine rings is 1. The van der Waals surface area contributed by atoms with E-state index in [4.69, 9.17) is 0 Å². The summed E-state index contributed by atoms with van der Waals surface area (Å²) in [6, 6.07) is 14.8. The zero-order valence-corrected chi connectivity index (χ0v) is 8.76. The Bertz CT molecular complexity index is 479. The second-order valence-electron chi connectivity index (χ2n) is 2.85. The van der Waals surface area contributed by atoms with Gasteiger partial charge < -0.3 is 5.21 Å². The Morgan fingerprint density at radius 1 is 0.933 bits per heavy atom. The summed E-state index contributed by atoms with van der Waals surface area (Å²) in [7, 11) is 0. The summed E-state index contributed by atoms with van der Waals surface area (Å²) < 4.78 is 0.993. The van der Waals surface area contributed by atoms with Gasteiger partial charge in [-0.05, 0) is 24.3 Å². The average Bonchev–Trinajstić information content (AvgIpc) is 2.23. The maximum absolute atomic E-state index is 9.39. The lowest BCUT2D eigenvalue weighted by Gasteiger charge is -1.96. The number of nitrogens with zero attached hydrogens (tertiary/aromatic N) is 2. The summed E-state index contributed by atoms with van der Waals surface area (Å²) in [5.74, 6) is 0. The first-order valence-corrected chi connectivity index (χ1v) is 4.33. The summed E-state index contributed by atoms with van der Waals surface area (Å²) >= 11 is 0. The molecule has 0 atom stereocenters. The SMILES string of the molecule is Cl.On1ccccc1=Nc1ccccc1. The fraction of sp³-hybridized carbons (Fsp3) is 0. The van der Waals surface area contributed by atoms with E-state index in [1.165, 1.54) is 0 Å². The minimum Gasteiger partial charge on any atom is -0.427 e. The highest BCUT2D eigenvalue weighted by atomic mass is 35.5. The van der Waals surface area contributed by atoms with Crippen LogP contribution in [-0.4, -0.2) is 9.94 Å². The maximum atomic E-state index is 9.39. The third-order valence-electron chi connectivity index (χ3n) is 1.82.